The van der Waals surface area contributed by atoms with E-state index in [4.69, 9.17) is 5.73 Å². The monoisotopic (exact) mass is 228 g/mol. The second-order valence-electron chi connectivity index (χ2n) is 4.00. The molecule has 1 aromatic heterocycles. The molecule has 4 nitrogen and oxygen atoms in total. The molecule has 1 atom stereocenters. The smallest absolute Gasteiger partial charge is 0.202 e. The van der Waals surface area contributed by atoms with Crippen LogP contribution in [0.2, 0.25) is 0 Å². The molecule has 0 fully saturated rings. The van der Waals surface area contributed by atoms with Crippen LogP contribution >= 0.6 is 11.5 Å². The Morgan fingerprint density at radius 1 is 1.47 bits per heavy atom. The van der Waals surface area contributed by atoms with Gasteiger partial charge in [-0.1, -0.05) is 20.8 Å². The highest BCUT2D eigenvalue weighted by Gasteiger charge is 2.07. The zero-order valence-electron chi connectivity index (χ0n) is 9.66. The summed E-state index contributed by atoms with van der Waals surface area (Å²) in [5.41, 5.74) is 5.82. The highest BCUT2D eigenvalue weighted by molar-refractivity contribution is 7.09. The molecule has 0 aliphatic carbocycles. The van der Waals surface area contributed by atoms with E-state index >= 15 is 0 Å². The fraction of sp³-hybridized carbons (Fsp3) is 0.800. The normalized spacial score (nSPS) is 13.1. The molecule has 15 heavy (non-hydrogen) atoms. The van der Waals surface area contributed by atoms with Gasteiger partial charge in [-0.15, -0.1) is 0 Å². The van der Waals surface area contributed by atoms with E-state index < -0.39 is 0 Å². The largest absolute Gasteiger partial charge is 0.360 e. The number of aromatic nitrogens is 2. The summed E-state index contributed by atoms with van der Waals surface area (Å²) in [6.45, 7) is 7.17. The third kappa shape index (κ3) is 4.13. The summed E-state index contributed by atoms with van der Waals surface area (Å²) in [6.07, 6.45) is 2.00. The Labute approximate surface area is 95.5 Å². The fourth-order valence-corrected chi connectivity index (χ4v) is 1.84. The number of nitrogens with one attached hydrogen (secondary N) is 1. The van der Waals surface area contributed by atoms with Crippen molar-refractivity contribution >= 4 is 16.7 Å². The van der Waals surface area contributed by atoms with E-state index in [1.54, 1.807) is 0 Å². The van der Waals surface area contributed by atoms with Crippen LogP contribution in [0.3, 0.4) is 0 Å². The van der Waals surface area contributed by atoms with E-state index in [0.29, 0.717) is 5.92 Å². The summed E-state index contributed by atoms with van der Waals surface area (Å²) in [6, 6.07) is 0.287. The zero-order chi connectivity index (χ0) is 11.3. The van der Waals surface area contributed by atoms with Gasteiger partial charge in [0.05, 0.1) is 0 Å². The maximum Gasteiger partial charge on any atom is 0.202 e. The van der Waals surface area contributed by atoms with E-state index in [1.807, 2.05) is 0 Å². The van der Waals surface area contributed by atoms with Gasteiger partial charge in [-0.05, 0) is 12.8 Å². The standard InChI is InChI=1S/C10H20N4S/c1-4-8(11)5-6-12-10-13-9(7(2)3)14-15-10/h7-8H,4-6,11H2,1-3H3,(H,12,13,14). The minimum Gasteiger partial charge on any atom is -0.360 e. The van der Waals surface area contributed by atoms with Gasteiger partial charge in [-0.3, -0.25) is 0 Å². The third-order valence-corrected chi connectivity index (χ3v) is 2.96. The van der Waals surface area contributed by atoms with Crippen LogP contribution in [0.1, 0.15) is 45.4 Å². The lowest BCUT2D eigenvalue weighted by Gasteiger charge is -2.07. The number of nitrogens with two attached hydrogens (primary N) is 1. The Kier molecular flexibility index (Phi) is 4.98. The number of rotatable bonds is 6. The summed E-state index contributed by atoms with van der Waals surface area (Å²) < 4.78 is 4.27. The minimum atomic E-state index is 0.287. The van der Waals surface area contributed by atoms with Crippen LogP contribution in [0.5, 0.6) is 0 Å². The predicted molar refractivity (Wildman–Crippen MR) is 65.4 cm³/mol. The molecule has 3 N–H and O–H groups in total. The third-order valence-electron chi connectivity index (χ3n) is 2.27. The average molecular weight is 228 g/mol. The SMILES string of the molecule is CCC(N)CCNc1nc(C(C)C)ns1. The first-order chi connectivity index (χ1) is 7.13. The van der Waals surface area contributed by atoms with E-state index in [1.165, 1.54) is 11.5 Å². The van der Waals surface area contributed by atoms with Crippen molar-refractivity contribution in [3.05, 3.63) is 5.82 Å². The Hall–Kier alpha value is -0.680. The van der Waals surface area contributed by atoms with Crippen molar-refractivity contribution < 1.29 is 0 Å². The van der Waals surface area contributed by atoms with Crippen LogP contribution < -0.4 is 11.1 Å². The molecule has 1 heterocycles. The zero-order valence-corrected chi connectivity index (χ0v) is 10.5. The van der Waals surface area contributed by atoms with Crippen LogP contribution in [0.4, 0.5) is 5.13 Å². The molecule has 5 heteroatoms. The molecular weight excluding hydrogens is 208 g/mol. The van der Waals surface area contributed by atoms with Crippen LogP contribution in [0.15, 0.2) is 0 Å². The Balaban J connectivity index is 2.31. The molecule has 0 aromatic carbocycles. The quantitative estimate of drug-likeness (QED) is 0.783. The van der Waals surface area contributed by atoms with Crippen molar-refractivity contribution in [1.29, 1.82) is 0 Å². The second-order valence-corrected chi connectivity index (χ2v) is 4.75. The maximum absolute atomic E-state index is 5.82. The summed E-state index contributed by atoms with van der Waals surface area (Å²) in [5.74, 6) is 1.32. The predicted octanol–water partition coefficient (Wildman–Crippen LogP) is 2.20. The molecule has 0 radical (unpaired) electrons. The first-order valence-electron chi connectivity index (χ1n) is 5.46. The number of nitrogens with zero attached hydrogens (tertiary/aromatic N) is 2. The van der Waals surface area contributed by atoms with Crippen molar-refractivity contribution in [3.8, 4) is 0 Å². The van der Waals surface area contributed by atoms with E-state index in [2.05, 4.69) is 35.4 Å². The molecule has 0 bridgehead atoms. The molecular formula is C10H20N4S. The van der Waals surface area contributed by atoms with Gasteiger partial charge in [0, 0.05) is 30.0 Å². The molecule has 0 spiro atoms. The van der Waals surface area contributed by atoms with Gasteiger partial charge in [0.1, 0.15) is 5.82 Å². The number of hydrogen-bond acceptors (Lipinski definition) is 5. The van der Waals surface area contributed by atoms with Gasteiger partial charge in [-0.2, -0.15) is 4.37 Å². The lowest BCUT2D eigenvalue weighted by molar-refractivity contribution is 0.613. The topological polar surface area (TPSA) is 63.8 Å². The molecule has 0 saturated heterocycles. The van der Waals surface area contributed by atoms with Gasteiger partial charge in [0.15, 0.2) is 0 Å². The van der Waals surface area contributed by atoms with E-state index in [0.717, 1.165) is 30.3 Å². The van der Waals surface area contributed by atoms with E-state index in [9.17, 15) is 0 Å². The highest BCUT2D eigenvalue weighted by atomic mass is 32.1. The van der Waals surface area contributed by atoms with Crippen LogP contribution in [-0.2, 0) is 0 Å². The lowest BCUT2D eigenvalue weighted by Crippen LogP contribution is -2.22. The summed E-state index contributed by atoms with van der Waals surface area (Å²) in [5, 5.41) is 4.15. The molecule has 0 saturated carbocycles. The molecule has 86 valence electrons. The molecule has 0 amide bonds. The number of hydrogen-bond donors (Lipinski definition) is 2. The number of anilines is 1. The van der Waals surface area contributed by atoms with Crippen molar-refractivity contribution in [1.82, 2.24) is 9.36 Å². The van der Waals surface area contributed by atoms with Crippen molar-refractivity contribution in [3.63, 3.8) is 0 Å². The van der Waals surface area contributed by atoms with Gasteiger partial charge >= 0.3 is 0 Å². The van der Waals surface area contributed by atoms with Crippen molar-refractivity contribution in [2.45, 2.75) is 45.6 Å². The van der Waals surface area contributed by atoms with Gasteiger partial charge in [0.25, 0.3) is 0 Å². The second kappa shape index (κ2) is 6.02. The van der Waals surface area contributed by atoms with Crippen molar-refractivity contribution in [2.75, 3.05) is 11.9 Å². The molecule has 0 aliphatic heterocycles. The van der Waals surface area contributed by atoms with Gasteiger partial charge in [0.2, 0.25) is 5.13 Å². The first kappa shape index (κ1) is 12.4. The fourth-order valence-electron chi connectivity index (χ4n) is 1.11. The Bertz CT molecular complexity index is 285. The molecule has 1 unspecified atom stereocenters. The summed E-state index contributed by atoms with van der Waals surface area (Å²) in [7, 11) is 0. The van der Waals surface area contributed by atoms with Crippen LogP contribution in [0.25, 0.3) is 0 Å². The average Bonchev–Trinajstić information content (AvgIpc) is 2.66. The summed E-state index contributed by atoms with van der Waals surface area (Å²) in [4.78, 5) is 4.39. The Morgan fingerprint density at radius 2 is 2.20 bits per heavy atom. The van der Waals surface area contributed by atoms with Crippen LogP contribution in [-0.4, -0.2) is 21.9 Å². The first-order valence-corrected chi connectivity index (χ1v) is 6.23. The van der Waals surface area contributed by atoms with E-state index in [-0.39, 0.29) is 6.04 Å². The molecule has 1 rings (SSSR count). The van der Waals surface area contributed by atoms with Crippen LogP contribution in [0, 0.1) is 0 Å². The lowest BCUT2D eigenvalue weighted by atomic mass is 10.2. The highest BCUT2D eigenvalue weighted by Crippen LogP contribution is 2.17. The van der Waals surface area contributed by atoms with Gasteiger partial charge < -0.3 is 11.1 Å². The summed E-state index contributed by atoms with van der Waals surface area (Å²) >= 11 is 1.42. The molecule has 1 aromatic rings. The maximum atomic E-state index is 5.82. The van der Waals surface area contributed by atoms with Crippen molar-refractivity contribution in [2.24, 2.45) is 5.73 Å². The molecule has 0 aliphatic rings. The van der Waals surface area contributed by atoms with Gasteiger partial charge in [-0.25, -0.2) is 4.98 Å². The Morgan fingerprint density at radius 3 is 2.73 bits per heavy atom. The minimum absolute atomic E-state index is 0.287.